The maximum Gasteiger partial charge on any atom is 0.249 e. The third-order valence-electron chi connectivity index (χ3n) is 4.57. The molecule has 0 fully saturated rings. The standard InChI is InChI=1S/C21H19N3O4S/c1-28-17-10-8-16(9-11-17)24-21(18-13-29(26,27)14-19(18)23-24)22-20(25)12-7-15-5-3-2-4-6-15/h2-12H,13-14H2,1H3,(H,22,25). The van der Waals surface area contributed by atoms with E-state index >= 15 is 0 Å². The normalized spacial score (nSPS) is 14.7. The average molecular weight is 409 g/mol. The number of amides is 1. The molecule has 1 N–H and O–H groups in total. The van der Waals surface area contributed by atoms with Crippen LogP contribution in [0.3, 0.4) is 0 Å². The molecule has 1 aliphatic heterocycles. The highest BCUT2D eigenvalue weighted by Crippen LogP contribution is 2.33. The summed E-state index contributed by atoms with van der Waals surface area (Å²) in [4.78, 5) is 12.5. The van der Waals surface area contributed by atoms with Crippen LogP contribution in [-0.2, 0) is 26.1 Å². The molecule has 4 rings (SSSR count). The third-order valence-corrected chi connectivity index (χ3v) is 6.01. The Morgan fingerprint density at radius 1 is 1.10 bits per heavy atom. The zero-order chi connectivity index (χ0) is 20.4. The van der Waals surface area contributed by atoms with Gasteiger partial charge in [-0.25, -0.2) is 13.1 Å². The van der Waals surface area contributed by atoms with Gasteiger partial charge in [-0.3, -0.25) is 4.79 Å². The molecule has 0 saturated heterocycles. The van der Waals surface area contributed by atoms with Crippen LogP contribution in [0.1, 0.15) is 16.8 Å². The number of ether oxygens (including phenoxy) is 1. The van der Waals surface area contributed by atoms with Crippen molar-refractivity contribution in [2.75, 3.05) is 12.4 Å². The van der Waals surface area contributed by atoms with Crippen molar-refractivity contribution in [1.29, 1.82) is 0 Å². The number of nitrogens with one attached hydrogen (secondary N) is 1. The number of hydrogen-bond acceptors (Lipinski definition) is 5. The van der Waals surface area contributed by atoms with Gasteiger partial charge in [-0.05, 0) is 35.9 Å². The van der Waals surface area contributed by atoms with Crippen molar-refractivity contribution < 1.29 is 17.9 Å². The molecule has 3 aromatic rings. The van der Waals surface area contributed by atoms with E-state index in [2.05, 4.69) is 10.4 Å². The van der Waals surface area contributed by atoms with Crippen molar-refractivity contribution in [1.82, 2.24) is 9.78 Å². The van der Waals surface area contributed by atoms with Gasteiger partial charge in [0.05, 0.1) is 30.0 Å². The molecule has 1 amide bonds. The lowest BCUT2D eigenvalue weighted by Gasteiger charge is -2.10. The maximum absolute atomic E-state index is 12.5. The summed E-state index contributed by atoms with van der Waals surface area (Å²) >= 11 is 0. The molecular formula is C21H19N3O4S. The molecular weight excluding hydrogens is 390 g/mol. The molecule has 7 nitrogen and oxygen atoms in total. The Hall–Kier alpha value is -3.39. The van der Waals surface area contributed by atoms with Crippen LogP contribution in [0.15, 0.2) is 60.7 Å². The lowest BCUT2D eigenvalue weighted by atomic mass is 10.2. The van der Waals surface area contributed by atoms with Gasteiger partial charge in [0.1, 0.15) is 11.6 Å². The van der Waals surface area contributed by atoms with Gasteiger partial charge in [-0.1, -0.05) is 30.3 Å². The molecule has 0 aliphatic carbocycles. The smallest absolute Gasteiger partial charge is 0.249 e. The number of carbonyl (C=O) groups is 1. The van der Waals surface area contributed by atoms with Gasteiger partial charge < -0.3 is 10.1 Å². The second-order valence-electron chi connectivity index (χ2n) is 6.65. The SMILES string of the molecule is COc1ccc(-n2nc3c(c2NC(=O)C=Cc2ccccc2)CS(=O)(=O)C3)cc1. The number of anilines is 1. The highest BCUT2D eigenvalue weighted by molar-refractivity contribution is 7.90. The minimum absolute atomic E-state index is 0.131. The van der Waals surface area contributed by atoms with Gasteiger partial charge >= 0.3 is 0 Å². The summed E-state index contributed by atoms with van der Waals surface area (Å²) in [5.74, 6) is 0.419. The molecule has 0 spiro atoms. The topological polar surface area (TPSA) is 90.3 Å². The molecule has 1 aromatic heterocycles. The Morgan fingerprint density at radius 2 is 1.83 bits per heavy atom. The third kappa shape index (κ3) is 4.07. The van der Waals surface area contributed by atoms with E-state index in [1.54, 1.807) is 42.1 Å². The molecule has 2 heterocycles. The van der Waals surface area contributed by atoms with Crippen LogP contribution in [0.2, 0.25) is 0 Å². The largest absolute Gasteiger partial charge is 0.497 e. The first-order valence-electron chi connectivity index (χ1n) is 8.95. The summed E-state index contributed by atoms with van der Waals surface area (Å²) in [6.07, 6.45) is 3.11. The van der Waals surface area contributed by atoms with Gasteiger partial charge in [0.15, 0.2) is 9.84 Å². The van der Waals surface area contributed by atoms with E-state index in [0.29, 0.717) is 28.5 Å². The van der Waals surface area contributed by atoms with Gasteiger partial charge in [0.25, 0.3) is 0 Å². The van der Waals surface area contributed by atoms with Gasteiger partial charge in [0.2, 0.25) is 5.91 Å². The average Bonchev–Trinajstić information content (AvgIpc) is 3.19. The Labute approximate surface area is 168 Å². The number of sulfone groups is 1. The highest BCUT2D eigenvalue weighted by atomic mass is 32.2. The summed E-state index contributed by atoms with van der Waals surface area (Å²) in [5, 5.41) is 7.25. The Kier molecular flexibility index (Phi) is 4.94. The lowest BCUT2D eigenvalue weighted by molar-refractivity contribution is -0.111. The Balaban J connectivity index is 1.67. The fraction of sp³-hybridized carbons (Fsp3) is 0.143. The first-order valence-corrected chi connectivity index (χ1v) is 10.8. The molecule has 1 aliphatic rings. The van der Waals surface area contributed by atoms with E-state index in [4.69, 9.17) is 4.74 Å². The molecule has 0 saturated carbocycles. The van der Waals surface area contributed by atoms with E-state index in [0.717, 1.165) is 5.56 Å². The second kappa shape index (κ2) is 7.56. The molecule has 29 heavy (non-hydrogen) atoms. The summed E-state index contributed by atoms with van der Waals surface area (Å²) in [7, 11) is -1.67. The van der Waals surface area contributed by atoms with E-state index in [-0.39, 0.29) is 17.4 Å². The number of methoxy groups -OCH3 is 1. The number of carbonyl (C=O) groups excluding carboxylic acids is 1. The molecule has 2 aromatic carbocycles. The van der Waals surface area contributed by atoms with Gasteiger partial charge in [0, 0.05) is 11.6 Å². The number of benzene rings is 2. The molecule has 148 valence electrons. The molecule has 0 atom stereocenters. The van der Waals surface area contributed by atoms with Crippen LogP contribution < -0.4 is 10.1 Å². The fourth-order valence-electron chi connectivity index (χ4n) is 3.18. The minimum Gasteiger partial charge on any atom is -0.497 e. The second-order valence-corrected chi connectivity index (χ2v) is 8.71. The van der Waals surface area contributed by atoms with Crippen LogP contribution in [0.4, 0.5) is 5.82 Å². The predicted molar refractivity (Wildman–Crippen MR) is 111 cm³/mol. The van der Waals surface area contributed by atoms with Crippen molar-refractivity contribution in [3.63, 3.8) is 0 Å². The number of aromatic nitrogens is 2. The van der Waals surface area contributed by atoms with Crippen LogP contribution in [0.25, 0.3) is 11.8 Å². The van der Waals surface area contributed by atoms with E-state index in [1.807, 2.05) is 30.3 Å². The van der Waals surface area contributed by atoms with Crippen molar-refractivity contribution >= 4 is 27.6 Å². The Bertz CT molecular complexity index is 1180. The molecule has 8 heteroatoms. The lowest BCUT2D eigenvalue weighted by Crippen LogP contribution is -2.14. The number of rotatable bonds is 5. The van der Waals surface area contributed by atoms with Crippen molar-refractivity contribution in [2.45, 2.75) is 11.5 Å². The van der Waals surface area contributed by atoms with Crippen LogP contribution in [0.5, 0.6) is 5.75 Å². The summed E-state index contributed by atoms with van der Waals surface area (Å²) in [6.45, 7) is 0. The number of hydrogen-bond donors (Lipinski definition) is 1. The zero-order valence-electron chi connectivity index (χ0n) is 15.7. The first kappa shape index (κ1) is 18.9. The van der Waals surface area contributed by atoms with Crippen LogP contribution in [-0.4, -0.2) is 31.2 Å². The van der Waals surface area contributed by atoms with Crippen molar-refractivity contribution in [3.8, 4) is 11.4 Å². The van der Waals surface area contributed by atoms with E-state index < -0.39 is 9.84 Å². The zero-order valence-corrected chi connectivity index (χ0v) is 16.5. The van der Waals surface area contributed by atoms with E-state index in [1.165, 1.54) is 6.08 Å². The van der Waals surface area contributed by atoms with Crippen LogP contribution >= 0.6 is 0 Å². The van der Waals surface area contributed by atoms with Crippen LogP contribution in [0, 0.1) is 0 Å². The Morgan fingerprint density at radius 3 is 2.52 bits per heavy atom. The summed E-state index contributed by atoms with van der Waals surface area (Å²) in [5.41, 5.74) is 2.57. The van der Waals surface area contributed by atoms with E-state index in [9.17, 15) is 13.2 Å². The maximum atomic E-state index is 12.5. The highest BCUT2D eigenvalue weighted by Gasteiger charge is 2.33. The molecule has 0 bridgehead atoms. The predicted octanol–water partition coefficient (Wildman–Crippen LogP) is 2.96. The summed E-state index contributed by atoms with van der Waals surface area (Å²) < 4.78 is 30.8. The van der Waals surface area contributed by atoms with Gasteiger partial charge in [-0.15, -0.1) is 0 Å². The monoisotopic (exact) mass is 409 g/mol. The summed E-state index contributed by atoms with van der Waals surface area (Å²) in [6, 6.07) is 16.6. The molecule has 0 unspecified atom stereocenters. The first-order chi connectivity index (χ1) is 13.9. The fourth-order valence-corrected chi connectivity index (χ4v) is 4.67. The van der Waals surface area contributed by atoms with Crippen molar-refractivity contribution in [3.05, 3.63) is 77.5 Å². The quantitative estimate of drug-likeness (QED) is 0.655. The van der Waals surface area contributed by atoms with Crippen molar-refractivity contribution in [2.24, 2.45) is 0 Å². The number of nitrogens with zero attached hydrogens (tertiary/aromatic N) is 2. The molecule has 0 radical (unpaired) electrons. The number of fused-ring (bicyclic) bond motifs is 1. The van der Waals surface area contributed by atoms with Gasteiger partial charge in [-0.2, -0.15) is 5.10 Å². The minimum atomic E-state index is -3.25.